The third-order valence-corrected chi connectivity index (χ3v) is 5.03. The SMILES string of the molecule is C[n+]1c(-c2cccc(C(=O)O)c2)c2cc([N+](=O)[O-])ccc2c2ccc([N+](=O)[O-])cc21. The van der Waals surface area contributed by atoms with Crippen molar-refractivity contribution in [3.8, 4) is 11.3 Å². The quantitative estimate of drug-likeness (QED) is 0.237. The fourth-order valence-corrected chi connectivity index (χ4v) is 3.67. The Morgan fingerprint density at radius 2 is 1.50 bits per heavy atom. The molecule has 4 aromatic rings. The van der Waals surface area contributed by atoms with Gasteiger partial charge in [-0.05, 0) is 30.3 Å². The van der Waals surface area contributed by atoms with Crippen molar-refractivity contribution < 1.29 is 24.3 Å². The van der Waals surface area contributed by atoms with E-state index in [2.05, 4.69) is 0 Å². The summed E-state index contributed by atoms with van der Waals surface area (Å²) < 4.78 is 1.69. The van der Waals surface area contributed by atoms with E-state index in [-0.39, 0.29) is 16.9 Å². The number of pyridine rings is 1. The van der Waals surface area contributed by atoms with Crippen LogP contribution in [0.1, 0.15) is 10.4 Å². The van der Waals surface area contributed by atoms with Gasteiger partial charge < -0.3 is 5.11 Å². The number of nitrogens with zero attached hydrogens (tertiary/aromatic N) is 3. The first-order valence-corrected chi connectivity index (χ1v) is 8.80. The zero-order chi connectivity index (χ0) is 21.6. The summed E-state index contributed by atoms with van der Waals surface area (Å²) >= 11 is 0. The molecule has 0 unspecified atom stereocenters. The van der Waals surface area contributed by atoms with Gasteiger partial charge in [-0.1, -0.05) is 6.07 Å². The molecule has 0 fully saturated rings. The molecule has 0 aliphatic carbocycles. The molecule has 0 atom stereocenters. The zero-order valence-electron chi connectivity index (χ0n) is 15.6. The maximum Gasteiger partial charge on any atom is 0.335 e. The molecule has 1 heterocycles. The predicted octanol–water partition coefficient (Wildman–Crippen LogP) is 4.00. The van der Waals surface area contributed by atoms with Crippen LogP contribution in [0, 0.1) is 20.2 Å². The van der Waals surface area contributed by atoms with Gasteiger partial charge in [-0.25, -0.2) is 4.79 Å². The molecule has 0 saturated carbocycles. The second kappa shape index (κ2) is 6.89. The largest absolute Gasteiger partial charge is 0.478 e. The minimum absolute atomic E-state index is 0.0604. The number of hydrogen-bond acceptors (Lipinski definition) is 5. The molecular weight excluding hydrogens is 390 g/mol. The molecule has 0 spiro atoms. The van der Waals surface area contributed by atoms with E-state index in [4.69, 9.17) is 0 Å². The van der Waals surface area contributed by atoms with E-state index in [0.717, 1.165) is 0 Å². The van der Waals surface area contributed by atoms with Crippen LogP contribution in [0.4, 0.5) is 11.4 Å². The predicted molar refractivity (Wildman–Crippen MR) is 108 cm³/mol. The van der Waals surface area contributed by atoms with Crippen molar-refractivity contribution >= 4 is 39.0 Å². The van der Waals surface area contributed by atoms with E-state index in [1.54, 1.807) is 35.9 Å². The molecule has 0 saturated heterocycles. The Morgan fingerprint density at radius 1 is 0.867 bits per heavy atom. The van der Waals surface area contributed by atoms with Crippen LogP contribution in [-0.4, -0.2) is 20.9 Å². The van der Waals surface area contributed by atoms with Gasteiger partial charge in [0.05, 0.1) is 32.2 Å². The summed E-state index contributed by atoms with van der Waals surface area (Å²) in [6.07, 6.45) is 0. The van der Waals surface area contributed by atoms with E-state index in [1.165, 1.54) is 36.4 Å². The third kappa shape index (κ3) is 2.98. The van der Waals surface area contributed by atoms with Crippen LogP contribution in [-0.2, 0) is 7.05 Å². The van der Waals surface area contributed by atoms with E-state index >= 15 is 0 Å². The van der Waals surface area contributed by atoms with E-state index in [1.807, 2.05) is 0 Å². The first-order chi connectivity index (χ1) is 14.3. The molecule has 1 aromatic heterocycles. The molecule has 148 valence electrons. The fourth-order valence-electron chi connectivity index (χ4n) is 3.67. The lowest BCUT2D eigenvalue weighted by atomic mass is 9.97. The van der Waals surface area contributed by atoms with Crippen LogP contribution in [0.3, 0.4) is 0 Å². The lowest BCUT2D eigenvalue weighted by Gasteiger charge is -2.10. The Hall–Kier alpha value is -4.40. The lowest BCUT2D eigenvalue weighted by molar-refractivity contribution is -0.632. The summed E-state index contributed by atoms with van der Waals surface area (Å²) in [7, 11) is 1.69. The van der Waals surface area contributed by atoms with Crippen LogP contribution in [0.5, 0.6) is 0 Å². The van der Waals surface area contributed by atoms with E-state index in [0.29, 0.717) is 32.9 Å². The summed E-state index contributed by atoms with van der Waals surface area (Å²) in [6, 6.07) is 15.0. The second-order valence-corrected chi connectivity index (χ2v) is 6.74. The van der Waals surface area contributed by atoms with E-state index in [9.17, 15) is 30.1 Å². The van der Waals surface area contributed by atoms with Crippen molar-refractivity contribution in [2.75, 3.05) is 0 Å². The standard InChI is InChI=1S/C21H13N3O6/c1-22-19-11-15(24(29)30)6-8-17(19)16-7-5-14(23(27)28)10-18(16)20(22)12-3-2-4-13(9-12)21(25)26/h2-11H,1H3/p+1. The van der Waals surface area contributed by atoms with Crippen molar-refractivity contribution in [1.82, 2.24) is 0 Å². The third-order valence-electron chi connectivity index (χ3n) is 5.03. The molecule has 9 heteroatoms. The molecule has 0 amide bonds. The number of carboxylic acids is 1. The van der Waals surface area contributed by atoms with E-state index < -0.39 is 15.8 Å². The number of carbonyl (C=O) groups is 1. The Morgan fingerprint density at radius 3 is 2.13 bits per heavy atom. The molecule has 9 nitrogen and oxygen atoms in total. The van der Waals surface area contributed by atoms with Gasteiger partial charge in [0.1, 0.15) is 7.05 Å². The number of fused-ring (bicyclic) bond motifs is 3. The van der Waals surface area contributed by atoms with Crippen molar-refractivity contribution in [2.45, 2.75) is 0 Å². The van der Waals surface area contributed by atoms with Gasteiger partial charge in [0.2, 0.25) is 11.2 Å². The van der Waals surface area contributed by atoms with Crippen molar-refractivity contribution in [2.24, 2.45) is 7.05 Å². The fraction of sp³-hybridized carbons (Fsp3) is 0.0476. The summed E-state index contributed by atoms with van der Waals surface area (Å²) in [5, 5.41) is 33.9. The van der Waals surface area contributed by atoms with Gasteiger partial charge in [-0.3, -0.25) is 20.2 Å². The van der Waals surface area contributed by atoms with Gasteiger partial charge in [-0.15, -0.1) is 0 Å². The zero-order valence-corrected chi connectivity index (χ0v) is 15.6. The number of non-ortho nitro benzene ring substituents is 2. The average molecular weight is 404 g/mol. The highest BCUT2D eigenvalue weighted by atomic mass is 16.6. The highest BCUT2D eigenvalue weighted by Gasteiger charge is 2.25. The molecule has 3 aromatic carbocycles. The van der Waals surface area contributed by atoms with Crippen LogP contribution in [0.15, 0.2) is 60.7 Å². The number of nitro groups is 2. The molecule has 1 N–H and O–H groups in total. The van der Waals surface area contributed by atoms with Gasteiger partial charge in [-0.2, -0.15) is 4.57 Å². The number of rotatable bonds is 4. The molecule has 0 bridgehead atoms. The van der Waals surface area contributed by atoms with Gasteiger partial charge >= 0.3 is 5.97 Å². The van der Waals surface area contributed by atoms with Gasteiger partial charge in [0.25, 0.3) is 11.4 Å². The van der Waals surface area contributed by atoms with Crippen LogP contribution < -0.4 is 4.57 Å². The number of benzene rings is 3. The van der Waals surface area contributed by atoms with Gasteiger partial charge in [0.15, 0.2) is 0 Å². The second-order valence-electron chi connectivity index (χ2n) is 6.74. The molecule has 0 aliphatic rings. The first-order valence-electron chi connectivity index (χ1n) is 8.80. The maximum atomic E-state index is 11.4. The minimum atomic E-state index is -1.11. The van der Waals surface area contributed by atoms with Crippen molar-refractivity contribution in [3.63, 3.8) is 0 Å². The molecular formula is C21H14N3O6+. The van der Waals surface area contributed by atoms with Crippen LogP contribution in [0.2, 0.25) is 0 Å². The summed E-state index contributed by atoms with van der Waals surface area (Å²) in [6.45, 7) is 0. The Kier molecular flexibility index (Phi) is 4.35. The minimum Gasteiger partial charge on any atom is -0.478 e. The highest BCUT2D eigenvalue weighted by Crippen LogP contribution is 2.34. The number of hydrogen-bond donors (Lipinski definition) is 1. The smallest absolute Gasteiger partial charge is 0.335 e. The molecule has 4 rings (SSSR count). The summed E-state index contributed by atoms with van der Waals surface area (Å²) in [5.41, 5.74) is 1.44. The normalized spacial score (nSPS) is 11.0. The summed E-state index contributed by atoms with van der Waals surface area (Å²) in [4.78, 5) is 33.1. The average Bonchev–Trinajstić information content (AvgIpc) is 2.73. The number of aromatic nitrogens is 1. The molecule has 0 radical (unpaired) electrons. The number of carboxylic acid groups (broad SMARTS) is 1. The van der Waals surface area contributed by atoms with Gasteiger partial charge in [0, 0.05) is 29.1 Å². The highest BCUT2D eigenvalue weighted by molar-refractivity contribution is 6.10. The number of nitro benzene ring substituents is 2. The Labute approximate surface area is 168 Å². The van der Waals surface area contributed by atoms with Crippen molar-refractivity contribution in [1.29, 1.82) is 0 Å². The monoisotopic (exact) mass is 404 g/mol. The summed E-state index contributed by atoms with van der Waals surface area (Å²) in [5.74, 6) is -1.11. The maximum absolute atomic E-state index is 11.4. The molecule has 0 aliphatic heterocycles. The molecule has 30 heavy (non-hydrogen) atoms. The number of aromatic carboxylic acids is 1. The lowest BCUT2D eigenvalue weighted by Crippen LogP contribution is -2.32. The topological polar surface area (TPSA) is 127 Å². The van der Waals surface area contributed by atoms with Crippen molar-refractivity contribution in [3.05, 3.63) is 86.5 Å². The Bertz CT molecular complexity index is 1400. The first kappa shape index (κ1) is 18.9. The Balaban J connectivity index is 2.19. The van der Waals surface area contributed by atoms with Crippen LogP contribution >= 0.6 is 0 Å². The van der Waals surface area contributed by atoms with Crippen LogP contribution in [0.25, 0.3) is 32.9 Å². The number of aryl methyl sites for hydroxylation is 1.